The average molecular weight is 279 g/mol. The quantitative estimate of drug-likeness (QED) is 0.897. The number of nitrogens with zero attached hydrogens (tertiary/aromatic N) is 2. The number of aromatic nitrogens is 2. The van der Waals surface area contributed by atoms with E-state index in [1.807, 2.05) is 6.07 Å². The second-order valence-electron chi connectivity index (χ2n) is 6.38. The number of anilines is 1. The predicted molar refractivity (Wildman–Crippen MR) is 79.0 cm³/mol. The maximum Gasteiger partial charge on any atom is 0.135 e. The van der Waals surface area contributed by atoms with Crippen LogP contribution in [0.5, 0.6) is 0 Å². The van der Waals surface area contributed by atoms with Crippen LogP contribution in [-0.2, 0) is 14.9 Å². The molecule has 0 aliphatic carbocycles. The van der Waals surface area contributed by atoms with Crippen LogP contribution in [0.3, 0.4) is 0 Å². The van der Waals surface area contributed by atoms with Gasteiger partial charge in [-0.05, 0) is 19.4 Å². The lowest BCUT2D eigenvalue weighted by atomic mass is 9.96. The normalized spacial score (nSPS) is 20.9. The minimum Gasteiger partial charge on any atom is -0.379 e. The van der Waals surface area contributed by atoms with E-state index in [1.165, 1.54) is 0 Å². The molecule has 1 aliphatic rings. The largest absolute Gasteiger partial charge is 0.379 e. The molecule has 1 N–H and O–H groups in total. The van der Waals surface area contributed by atoms with Gasteiger partial charge in [-0.25, -0.2) is 9.97 Å². The van der Waals surface area contributed by atoms with E-state index in [4.69, 9.17) is 9.47 Å². The molecule has 1 aliphatic heterocycles. The van der Waals surface area contributed by atoms with Gasteiger partial charge in [-0.3, -0.25) is 0 Å². The molecule has 20 heavy (non-hydrogen) atoms. The number of hydrogen-bond acceptors (Lipinski definition) is 5. The fourth-order valence-corrected chi connectivity index (χ4v) is 2.02. The van der Waals surface area contributed by atoms with Gasteiger partial charge in [0.25, 0.3) is 0 Å². The Morgan fingerprint density at radius 3 is 2.95 bits per heavy atom. The molecule has 0 amide bonds. The van der Waals surface area contributed by atoms with Crippen molar-refractivity contribution in [2.24, 2.45) is 0 Å². The molecule has 2 heterocycles. The van der Waals surface area contributed by atoms with E-state index in [-0.39, 0.29) is 17.6 Å². The Morgan fingerprint density at radius 1 is 1.50 bits per heavy atom. The highest BCUT2D eigenvalue weighted by atomic mass is 16.5. The van der Waals surface area contributed by atoms with Crippen LogP contribution in [0, 0.1) is 0 Å². The van der Waals surface area contributed by atoms with Gasteiger partial charge in [0.15, 0.2) is 0 Å². The first-order valence-electron chi connectivity index (χ1n) is 7.24. The zero-order chi connectivity index (χ0) is 14.6. The van der Waals surface area contributed by atoms with Gasteiger partial charge >= 0.3 is 0 Å². The van der Waals surface area contributed by atoms with E-state index >= 15 is 0 Å². The minimum absolute atomic E-state index is 0.0430. The molecule has 1 aromatic rings. The maximum absolute atomic E-state index is 5.80. The van der Waals surface area contributed by atoms with Crippen molar-refractivity contribution in [2.75, 3.05) is 25.1 Å². The molecule has 0 bridgehead atoms. The van der Waals surface area contributed by atoms with E-state index in [9.17, 15) is 0 Å². The Kier molecular flexibility index (Phi) is 4.94. The lowest BCUT2D eigenvalue weighted by Gasteiger charge is -2.20. The van der Waals surface area contributed by atoms with Crippen molar-refractivity contribution < 1.29 is 9.47 Å². The second kappa shape index (κ2) is 6.50. The standard InChI is InChI=1S/C15H25N3O2/c1-11(9-20-12-6-8-19-10-12)17-13-5-7-16-14(18-13)15(2,3)4/h5,7,11-12H,6,8-10H2,1-4H3,(H,16,17,18). The average Bonchev–Trinajstić information content (AvgIpc) is 2.89. The van der Waals surface area contributed by atoms with Crippen LogP contribution in [0.1, 0.15) is 39.9 Å². The summed E-state index contributed by atoms with van der Waals surface area (Å²) in [6, 6.07) is 2.10. The van der Waals surface area contributed by atoms with E-state index in [1.54, 1.807) is 6.20 Å². The Balaban J connectivity index is 1.85. The molecule has 112 valence electrons. The monoisotopic (exact) mass is 279 g/mol. The van der Waals surface area contributed by atoms with Gasteiger partial charge in [-0.1, -0.05) is 20.8 Å². The summed E-state index contributed by atoms with van der Waals surface area (Å²) in [7, 11) is 0. The van der Waals surface area contributed by atoms with Crippen LogP contribution in [0.25, 0.3) is 0 Å². The lowest BCUT2D eigenvalue weighted by molar-refractivity contribution is 0.0395. The summed E-state index contributed by atoms with van der Waals surface area (Å²) in [5.41, 5.74) is -0.0430. The minimum atomic E-state index is -0.0430. The van der Waals surface area contributed by atoms with E-state index in [0.717, 1.165) is 24.7 Å². The number of ether oxygens (including phenoxy) is 2. The van der Waals surface area contributed by atoms with Crippen molar-refractivity contribution in [3.63, 3.8) is 0 Å². The maximum atomic E-state index is 5.80. The van der Waals surface area contributed by atoms with E-state index < -0.39 is 0 Å². The third-order valence-electron chi connectivity index (χ3n) is 3.19. The highest BCUT2D eigenvalue weighted by Crippen LogP contribution is 2.19. The van der Waals surface area contributed by atoms with Crippen LogP contribution in [0.2, 0.25) is 0 Å². The van der Waals surface area contributed by atoms with Crippen LogP contribution < -0.4 is 5.32 Å². The second-order valence-corrected chi connectivity index (χ2v) is 6.38. The lowest BCUT2D eigenvalue weighted by Crippen LogP contribution is -2.27. The molecule has 2 unspecified atom stereocenters. The van der Waals surface area contributed by atoms with Gasteiger partial charge in [0.1, 0.15) is 11.6 Å². The van der Waals surface area contributed by atoms with E-state index in [2.05, 4.69) is 43.0 Å². The predicted octanol–water partition coefficient (Wildman–Crippen LogP) is 2.38. The first kappa shape index (κ1) is 15.2. The van der Waals surface area contributed by atoms with Gasteiger partial charge in [-0.2, -0.15) is 0 Å². The van der Waals surface area contributed by atoms with Crippen LogP contribution in [0.4, 0.5) is 5.82 Å². The van der Waals surface area contributed by atoms with Gasteiger partial charge < -0.3 is 14.8 Å². The number of hydrogen-bond donors (Lipinski definition) is 1. The van der Waals surface area contributed by atoms with Crippen molar-refractivity contribution >= 4 is 5.82 Å². The summed E-state index contributed by atoms with van der Waals surface area (Å²) in [6.07, 6.45) is 3.04. The Morgan fingerprint density at radius 2 is 2.30 bits per heavy atom. The number of nitrogens with one attached hydrogen (secondary N) is 1. The summed E-state index contributed by atoms with van der Waals surface area (Å²) in [6.45, 7) is 10.6. The molecule has 2 atom stereocenters. The fourth-order valence-electron chi connectivity index (χ4n) is 2.02. The SMILES string of the molecule is CC(COC1CCOC1)Nc1ccnc(C(C)(C)C)n1. The molecule has 2 rings (SSSR count). The molecule has 1 fully saturated rings. The van der Waals surface area contributed by atoms with Crippen LogP contribution in [-0.4, -0.2) is 41.9 Å². The smallest absolute Gasteiger partial charge is 0.135 e. The molecule has 5 nitrogen and oxygen atoms in total. The highest BCUT2D eigenvalue weighted by Gasteiger charge is 2.19. The molecular formula is C15H25N3O2. The summed E-state index contributed by atoms with van der Waals surface area (Å²) >= 11 is 0. The summed E-state index contributed by atoms with van der Waals surface area (Å²) in [4.78, 5) is 8.89. The topological polar surface area (TPSA) is 56.3 Å². The Labute approximate surface area is 121 Å². The molecule has 0 radical (unpaired) electrons. The molecule has 1 aromatic heterocycles. The van der Waals surface area contributed by atoms with Gasteiger partial charge in [0, 0.05) is 24.3 Å². The van der Waals surface area contributed by atoms with Crippen molar-refractivity contribution in [1.82, 2.24) is 9.97 Å². The Hall–Kier alpha value is -1.20. The molecule has 0 aromatic carbocycles. The van der Waals surface area contributed by atoms with Crippen molar-refractivity contribution in [1.29, 1.82) is 0 Å². The highest BCUT2D eigenvalue weighted by molar-refractivity contribution is 5.34. The first-order chi connectivity index (χ1) is 9.45. The summed E-state index contributed by atoms with van der Waals surface area (Å²) < 4.78 is 11.1. The Bertz CT molecular complexity index is 425. The van der Waals surface area contributed by atoms with Crippen LogP contribution >= 0.6 is 0 Å². The van der Waals surface area contributed by atoms with Gasteiger partial charge in [-0.15, -0.1) is 0 Å². The van der Waals surface area contributed by atoms with E-state index in [0.29, 0.717) is 13.2 Å². The fraction of sp³-hybridized carbons (Fsp3) is 0.733. The number of rotatable bonds is 5. The van der Waals surface area contributed by atoms with Crippen molar-refractivity contribution in [3.8, 4) is 0 Å². The zero-order valence-corrected chi connectivity index (χ0v) is 12.8. The van der Waals surface area contributed by atoms with Gasteiger partial charge in [0.05, 0.1) is 19.3 Å². The van der Waals surface area contributed by atoms with Crippen LogP contribution in [0.15, 0.2) is 12.3 Å². The zero-order valence-electron chi connectivity index (χ0n) is 12.8. The summed E-state index contributed by atoms with van der Waals surface area (Å²) in [5.74, 6) is 1.70. The first-order valence-corrected chi connectivity index (χ1v) is 7.24. The van der Waals surface area contributed by atoms with Crippen molar-refractivity contribution in [2.45, 2.75) is 51.7 Å². The molecule has 0 saturated carbocycles. The molecule has 0 spiro atoms. The molecular weight excluding hydrogens is 254 g/mol. The molecule has 1 saturated heterocycles. The third-order valence-corrected chi connectivity index (χ3v) is 3.19. The third kappa shape index (κ3) is 4.42. The van der Waals surface area contributed by atoms with Gasteiger partial charge in [0.2, 0.25) is 0 Å². The van der Waals surface area contributed by atoms with Crippen molar-refractivity contribution in [3.05, 3.63) is 18.1 Å². The summed E-state index contributed by atoms with van der Waals surface area (Å²) in [5, 5.41) is 3.36. The molecule has 5 heteroatoms.